The molecule has 18 heavy (non-hydrogen) atoms. The summed E-state index contributed by atoms with van der Waals surface area (Å²) in [6, 6.07) is 7.33. The number of hydrogen-bond donors (Lipinski definition) is 2. The van der Waals surface area contributed by atoms with Crippen LogP contribution in [0.25, 0.3) is 0 Å². The number of hydrogen-bond acceptors (Lipinski definition) is 5. The number of amides is 2. The van der Waals surface area contributed by atoms with Crippen LogP contribution in [-0.4, -0.2) is 20.2 Å². The van der Waals surface area contributed by atoms with Gasteiger partial charge in [0.1, 0.15) is 0 Å². The lowest BCUT2D eigenvalue weighted by atomic mass is 10.3. The van der Waals surface area contributed by atoms with Gasteiger partial charge in [-0.3, -0.25) is 9.59 Å². The lowest BCUT2D eigenvalue weighted by molar-refractivity contribution is -0.129. The Bertz CT molecular complexity index is 526. The first-order valence-corrected chi connectivity index (χ1v) is 6.38. The molecule has 1 aromatic carbocycles. The van der Waals surface area contributed by atoms with Gasteiger partial charge in [-0.25, -0.2) is 5.48 Å². The highest BCUT2D eigenvalue weighted by molar-refractivity contribution is 7.86. The first kappa shape index (κ1) is 14.1. The smallest absolute Gasteiger partial charge is 0.317 e. The van der Waals surface area contributed by atoms with Gasteiger partial charge in [-0.05, 0) is 12.1 Å². The first-order chi connectivity index (χ1) is 8.42. The van der Waals surface area contributed by atoms with E-state index in [1.54, 1.807) is 11.5 Å². The van der Waals surface area contributed by atoms with Crippen molar-refractivity contribution in [3.63, 3.8) is 0 Å². The summed E-state index contributed by atoms with van der Waals surface area (Å²) < 4.78 is 27.4. The van der Waals surface area contributed by atoms with E-state index in [1.165, 1.54) is 24.3 Å². The number of hydroxylamine groups is 1. The molecule has 0 unspecified atom stereocenters. The van der Waals surface area contributed by atoms with Crippen LogP contribution in [0.5, 0.6) is 0 Å². The van der Waals surface area contributed by atoms with E-state index >= 15 is 0 Å². The third-order valence-electron chi connectivity index (χ3n) is 1.90. The quantitative estimate of drug-likeness (QED) is 0.689. The third kappa shape index (κ3) is 4.52. The summed E-state index contributed by atoms with van der Waals surface area (Å²) in [5.74, 6) is -1.40. The van der Waals surface area contributed by atoms with Gasteiger partial charge in [-0.1, -0.05) is 18.2 Å². The molecule has 0 aliphatic carbocycles. The molecule has 7 nitrogen and oxygen atoms in total. The zero-order valence-electron chi connectivity index (χ0n) is 9.33. The van der Waals surface area contributed by atoms with Gasteiger partial charge in [0.15, 0.2) is 0 Å². The van der Waals surface area contributed by atoms with E-state index in [-0.39, 0.29) is 17.7 Å². The van der Waals surface area contributed by atoms with E-state index in [1.807, 2.05) is 0 Å². The number of carbonyl (C=O) groups excluding carboxylic acids is 2. The Morgan fingerprint density at radius 2 is 1.78 bits per heavy atom. The van der Waals surface area contributed by atoms with Crippen molar-refractivity contribution in [2.75, 3.05) is 0 Å². The summed E-state index contributed by atoms with van der Waals surface area (Å²) >= 11 is 0. The van der Waals surface area contributed by atoms with Gasteiger partial charge >= 0.3 is 10.1 Å². The highest BCUT2D eigenvalue weighted by Crippen LogP contribution is 2.09. The Hall–Kier alpha value is -1.93. The topological polar surface area (TPSA) is 116 Å². The molecule has 1 aromatic rings. The fourth-order valence-corrected chi connectivity index (χ4v) is 1.81. The molecule has 98 valence electrons. The van der Waals surface area contributed by atoms with Gasteiger partial charge in [-0.15, -0.1) is 4.28 Å². The van der Waals surface area contributed by atoms with Gasteiger partial charge < -0.3 is 5.73 Å². The number of rotatable bonds is 6. The zero-order valence-corrected chi connectivity index (χ0v) is 10.1. The molecule has 0 fully saturated rings. The monoisotopic (exact) mass is 272 g/mol. The molecule has 0 aromatic heterocycles. The minimum atomic E-state index is -4.04. The molecule has 0 bridgehead atoms. The normalized spacial score (nSPS) is 10.9. The molecular weight excluding hydrogens is 260 g/mol. The predicted molar refractivity (Wildman–Crippen MR) is 61.3 cm³/mol. The van der Waals surface area contributed by atoms with Gasteiger partial charge in [0.25, 0.3) is 0 Å². The zero-order chi connectivity index (χ0) is 13.6. The fraction of sp³-hybridized carbons (Fsp3) is 0.200. The first-order valence-electron chi connectivity index (χ1n) is 4.97. The van der Waals surface area contributed by atoms with Crippen molar-refractivity contribution in [3.05, 3.63) is 30.3 Å². The van der Waals surface area contributed by atoms with Crippen molar-refractivity contribution in [3.8, 4) is 0 Å². The molecule has 0 saturated heterocycles. The maximum atomic E-state index is 11.5. The molecular formula is C10H12N2O5S. The van der Waals surface area contributed by atoms with E-state index in [2.05, 4.69) is 4.28 Å². The summed E-state index contributed by atoms with van der Waals surface area (Å²) in [6.45, 7) is 0. The Morgan fingerprint density at radius 3 is 2.33 bits per heavy atom. The van der Waals surface area contributed by atoms with Crippen molar-refractivity contribution in [1.82, 2.24) is 5.48 Å². The molecule has 8 heteroatoms. The van der Waals surface area contributed by atoms with Crippen LogP contribution in [0.2, 0.25) is 0 Å². The lowest BCUT2D eigenvalue weighted by Crippen LogP contribution is -2.28. The van der Waals surface area contributed by atoms with Gasteiger partial charge in [0, 0.05) is 12.8 Å². The molecule has 0 atom stereocenters. The second-order valence-corrected chi connectivity index (χ2v) is 4.89. The second kappa shape index (κ2) is 6.12. The molecule has 0 heterocycles. The number of primary amides is 1. The van der Waals surface area contributed by atoms with Crippen molar-refractivity contribution >= 4 is 21.9 Å². The summed E-state index contributed by atoms with van der Waals surface area (Å²) in [6.07, 6.45) is -0.416. The standard InChI is InChI=1S/C10H12N2O5S/c11-9(13)6-7-10(14)12-17-18(15,16)8-4-2-1-3-5-8/h1-5H,6-7H2,(H2,11,13)(H,12,14). The van der Waals surface area contributed by atoms with E-state index in [4.69, 9.17) is 5.73 Å². The second-order valence-electron chi connectivity index (χ2n) is 3.34. The molecule has 3 N–H and O–H groups in total. The molecule has 0 aliphatic rings. The van der Waals surface area contributed by atoms with Crippen LogP contribution < -0.4 is 11.2 Å². The van der Waals surface area contributed by atoms with Gasteiger partial charge in [0.2, 0.25) is 11.8 Å². The number of nitrogens with two attached hydrogens (primary N) is 1. The molecule has 0 saturated carbocycles. The van der Waals surface area contributed by atoms with E-state index in [0.29, 0.717) is 0 Å². The minimum absolute atomic E-state index is 0.0831. The Labute approximate surface area is 104 Å². The van der Waals surface area contributed by atoms with Crippen molar-refractivity contribution < 1.29 is 22.3 Å². The maximum absolute atomic E-state index is 11.5. The largest absolute Gasteiger partial charge is 0.370 e. The van der Waals surface area contributed by atoms with Crippen LogP contribution in [0.4, 0.5) is 0 Å². The number of carbonyl (C=O) groups is 2. The average molecular weight is 272 g/mol. The predicted octanol–water partition coefficient (Wildman–Crippen LogP) is -0.311. The summed E-state index contributed by atoms with van der Waals surface area (Å²) in [5.41, 5.74) is 6.58. The summed E-state index contributed by atoms with van der Waals surface area (Å²) in [5, 5.41) is 0. The number of nitrogens with one attached hydrogen (secondary N) is 1. The Kier molecular flexibility index (Phi) is 4.81. The maximum Gasteiger partial charge on any atom is 0.317 e. The van der Waals surface area contributed by atoms with Gasteiger partial charge in [0.05, 0.1) is 4.90 Å². The molecule has 0 aliphatic heterocycles. The van der Waals surface area contributed by atoms with E-state index < -0.39 is 21.9 Å². The highest BCUT2D eigenvalue weighted by atomic mass is 32.2. The lowest BCUT2D eigenvalue weighted by Gasteiger charge is -2.05. The minimum Gasteiger partial charge on any atom is -0.370 e. The van der Waals surface area contributed by atoms with Crippen molar-refractivity contribution in [2.45, 2.75) is 17.7 Å². The van der Waals surface area contributed by atoms with Crippen LogP contribution in [0, 0.1) is 0 Å². The number of benzene rings is 1. The highest BCUT2D eigenvalue weighted by Gasteiger charge is 2.16. The Morgan fingerprint density at radius 1 is 1.17 bits per heavy atom. The van der Waals surface area contributed by atoms with Crippen molar-refractivity contribution in [2.24, 2.45) is 5.73 Å². The fourth-order valence-electron chi connectivity index (χ4n) is 1.02. The van der Waals surface area contributed by atoms with E-state index in [9.17, 15) is 18.0 Å². The third-order valence-corrected chi connectivity index (χ3v) is 3.05. The van der Waals surface area contributed by atoms with Crippen molar-refractivity contribution in [1.29, 1.82) is 0 Å². The molecule has 1 rings (SSSR count). The van der Waals surface area contributed by atoms with Crippen LogP contribution in [0.1, 0.15) is 12.8 Å². The van der Waals surface area contributed by atoms with Crippen LogP contribution >= 0.6 is 0 Å². The van der Waals surface area contributed by atoms with Crippen LogP contribution in [0.15, 0.2) is 35.2 Å². The molecule has 0 radical (unpaired) electrons. The Balaban J connectivity index is 2.53. The summed E-state index contributed by atoms with van der Waals surface area (Å²) in [4.78, 5) is 21.4. The molecule has 0 spiro atoms. The van der Waals surface area contributed by atoms with Crippen LogP contribution in [-0.2, 0) is 24.0 Å². The average Bonchev–Trinajstić information content (AvgIpc) is 2.35. The SMILES string of the molecule is NC(=O)CCC(=O)NOS(=O)(=O)c1ccccc1. The van der Waals surface area contributed by atoms with Gasteiger partial charge in [-0.2, -0.15) is 8.42 Å². The van der Waals surface area contributed by atoms with Crippen LogP contribution in [0.3, 0.4) is 0 Å². The molecule has 2 amide bonds. The van der Waals surface area contributed by atoms with E-state index in [0.717, 1.165) is 0 Å². The summed E-state index contributed by atoms with van der Waals surface area (Å²) in [7, 11) is -4.04.